The van der Waals surface area contributed by atoms with Gasteiger partial charge < -0.3 is 9.84 Å². The SMILES string of the molecule is C[C@@H](O)c1c(F)cccc1Oc1cc(Cl)ccc1Cl. The van der Waals surface area contributed by atoms with Gasteiger partial charge in [-0.05, 0) is 31.2 Å². The average molecular weight is 301 g/mol. The fourth-order valence-corrected chi connectivity index (χ4v) is 2.00. The Bertz CT molecular complexity index is 600. The van der Waals surface area contributed by atoms with Crippen LogP contribution in [0.5, 0.6) is 11.5 Å². The Morgan fingerprint density at radius 3 is 2.58 bits per heavy atom. The highest BCUT2D eigenvalue weighted by Gasteiger charge is 2.16. The van der Waals surface area contributed by atoms with Gasteiger partial charge in [0.1, 0.15) is 17.3 Å². The first-order valence-corrected chi connectivity index (χ1v) is 6.34. The van der Waals surface area contributed by atoms with Gasteiger partial charge >= 0.3 is 0 Å². The Balaban J connectivity index is 2.44. The molecule has 0 aliphatic heterocycles. The summed E-state index contributed by atoms with van der Waals surface area (Å²) in [5.74, 6) is -0.0218. The van der Waals surface area contributed by atoms with E-state index in [1.807, 2.05) is 0 Å². The van der Waals surface area contributed by atoms with Crippen molar-refractivity contribution < 1.29 is 14.2 Å². The van der Waals surface area contributed by atoms with E-state index in [9.17, 15) is 9.50 Å². The lowest BCUT2D eigenvalue weighted by atomic mass is 10.1. The molecule has 0 saturated carbocycles. The zero-order valence-corrected chi connectivity index (χ0v) is 11.5. The zero-order valence-electron chi connectivity index (χ0n) is 10.0. The van der Waals surface area contributed by atoms with Crippen molar-refractivity contribution in [2.24, 2.45) is 0 Å². The molecule has 0 fully saturated rings. The van der Waals surface area contributed by atoms with Crippen molar-refractivity contribution >= 4 is 23.2 Å². The minimum absolute atomic E-state index is 0.0820. The first kappa shape index (κ1) is 14.1. The van der Waals surface area contributed by atoms with Crippen LogP contribution in [0.4, 0.5) is 4.39 Å². The van der Waals surface area contributed by atoms with Crippen LogP contribution in [0.15, 0.2) is 36.4 Å². The van der Waals surface area contributed by atoms with E-state index in [2.05, 4.69) is 0 Å². The molecule has 100 valence electrons. The van der Waals surface area contributed by atoms with Crippen LogP contribution in [0.1, 0.15) is 18.6 Å². The zero-order chi connectivity index (χ0) is 14.0. The van der Waals surface area contributed by atoms with Crippen LogP contribution in [-0.2, 0) is 0 Å². The molecule has 0 saturated heterocycles. The lowest BCUT2D eigenvalue weighted by Gasteiger charge is -2.14. The third-order valence-corrected chi connectivity index (χ3v) is 3.09. The normalized spacial score (nSPS) is 12.3. The molecule has 0 aliphatic rings. The molecular weight excluding hydrogens is 290 g/mol. The average Bonchev–Trinajstić information content (AvgIpc) is 2.33. The molecule has 0 radical (unpaired) electrons. The molecule has 0 amide bonds. The summed E-state index contributed by atoms with van der Waals surface area (Å²) in [5, 5.41) is 10.4. The summed E-state index contributed by atoms with van der Waals surface area (Å²) in [6.45, 7) is 1.46. The molecule has 2 aromatic carbocycles. The number of hydrogen-bond donors (Lipinski definition) is 1. The second-order valence-corrected chi connectivity index (χ2v) is 4.85. The summed E-state index contributed by atoms with van der Waals surface area (Å²) in [7, 11) is 0. The Morgan fingerprint density at radius 1 is 1.16 bits per heavy atom. The van der Waals surface area contributed by atoms with Gasteiger partial charge in [-0.25, -0.2) is 4.39 Å². The van der Waals surface area contributed by atoms with E-state index >= 15 is 0 Å². The molecule has 1 N–H and O–H groups in total. The molecule has 0 bridgehead atoms. The van der Waals surface area contributed by atoms with Crippen molar-refractivity contribution in [2.45, 2.75) is 13.0 Å². The highest BCUT2D eigenvalue weighted by atomic mass is 35.5. The largest absolute Gasteiger partial charge is 0.455 e. The second kappa shape index (κ2) is 5.78. The van der Waals surface area contributed by atoms with Crippen molar-refractivity contribution in [2.75, 3.05) is 0 Å². The molecule has 0 aromatic heterocycles. The van der Waals surface area contributed by atoms with E-state index in [1.54, 1.807) is 18.2 Å². The summed E-state index contributed by atoms with van der Waals surface area (Å²) in [6, 6.07) is 9.05. The molecule has 0 spiro atoms. The maximum atomic E-state index is 13.7. The molecular formula is C14H11Cl2FO2. The maximum absolute atomic E-state index is 13.7. The number of aliphatic hydroxyl groups excluding tert-OH is 1. The van der Waals surface area contributed by atoms with E-state index in [4.69, 9.17) is 27.9 Å². The summed E-state index contributed by atoms with van der Waals surface area (Å²) >= 11 is 11.8. The van der Waals surface area contributed by atoms with E-state index in [0.717, 1.165) is 0 Å². The molecule has 2 aromatic rings. The smallest absolute Gasteiger partial charge is 0.147 e. The number of rotatable bonds is 3. The highest BCUT2D eigenvalue weighted by Crippen LogP contribution is 2.36. The summed E-state index contributed by atoms with van der Waals surface area (Å²) in [5.41, 5.74) is 0.0820. The molecule has 2 rings (SSSR count). The number of halogens is 3. The van der Waals surface area contributed by atoms with E-state index in [-0.39, 0.29) is 11.3 Å². The minimum Gasteiger partial charge on any atom is -0.455 e. The lowest BCUT2D eigenvalue weighted by Crippen LogP contribution is -2.00. The van der Waals surface area contributed by atoms with Gasteiger partial charge in [0.25, 0.3) is 0 Å². The minimum atomic E-state index is -0.992. The first-order valence-electron chi connectivity index (χ1n) is 5.58. The van der Waals surface area contributed by atoms with Gasteiger partial charge in [0.05, 0.1) is 16.7 Å². The molecule has 1 atom stereocenters. The maximum Gasteiger partial charge on any atom is 0.147 e. The van der Waals surface area contributed by atoms with Gasteiger partial charge in [-0.1, -0.05) is 29.3 Å². The van der Waals surface area contributed by atoms with Gasteiger partial charge in [0.15, 0.2) is 0 Å². The van der Waals surface area contributed by atoms with Crippen molar-refractivity contribution in [3.63, 3.8) is 0 Å². The van der Waals surface area contributed by atoms with Crippen molar-refractivity contribution in [3.05, 3.63) is 57.8 Å². The summed E-state index contributed by atoms with van der Waals surface area (Å²) < 4.78 is 19.2. The van der Waals surface area contributed by atoms with Crippen molar-refractivity contribution in [1.82, 2.24) is 0 Å². The predicted octanol–water partition coefficient (Wildman–Crippen LogP) is 4.98. The van der Waals surface area contributed by atoms with Crippen LogP contribution in [0.3, 0.4) is 0 Å². The van der Waals surface area contributed by atoms with E-state index in [1.165, 1.54) is 25.1 Å². The Labute approximate surface area is 120 Å². The van der Waals surface area contributed by atoms with Crippen molar-refractivity contribution in [1.29, 1.82) is 0 Å². The van der Waals surface area contributed by atoms with Crippen LogP contribution in [0, 0.1) is 5.82 Å². The molecule has 19 heavy (non-hydrogen) atoms. The molecule has 2 nitrogen and oxygen atoms in total. The summed E-state index contributed by atoms with van der Waals surface area (Å²) in [6.07, 6.45) is -0.992. The molecule has 5 heteroatoms. The van der Waals surface area contributed by atoms with E-state index < -0.39 is 11.9 Å². The van der Waals surface area contributed by atoms with Crippen LogP contribution >= 0.6 is 23.2 Å². The standard InChI is InChI=1S/C14H11Cl2FO2/c1-8(18)14-11(17)3-2-4-12(14)19-13-7-9(15)5-6-10(13)16/h2-8,18H,1H3/t8-/m1/s1. The fraction of sp³-hybridized carbons (Fsp3) is 0.143. The van der Waals surface area contributed by atoms with Crippen LogP contribution < -0.4 is 4.74 Å². The van der Waals surface area contributed by atoms with E-state index in [0.29, 0.717) is 15.8 Å². The quantitative estimate of drug-likeness (QED) is 0.866. The van der Waals surface area contributed by atoms with Gasteiger partial charge in [-0.2, -0.15) is 0 Å². The number of benzene rings is 2. The third-order valence-electron chi connectivity index (χ3n) is 2.54. The van der Waals surface area contributed by atoms with Gasteiger partial charge in [-0.3, -0.25) is 0 Å². The molecule has 0 unspecified atom stereocenters. The number of aliphatic hydroxyl groups is 1. The van der Waals surface area contributed by atoms with Crippen molar-refractivity contribution in [3.8, 4) is 11.5 Å². The Kier molecular flexibility index (Phi) is 4.30. The second-order valence-electron chi connectivity index (χ2n) is 4.00. The number of hydrogen-bond acceptors (Lipinski definition) is 2. The Hall–Kier alpha value is -1.29. The Morgan fingerprint density at radius 2 is 1.89 bits per heavy atom. The van der Waals surface area contributed by atoms with Gasteiger partial charge in [0.2, 0.25) is 0 Å². The predicted molar refractivity (Wildman–Crippen MR) is 73.6 cm³/mol. The molecule has 0 aliphatic carbocycles. The van der Waals surface area contributed by atoms with Crippen LogP contribution in [0.2, 0.25) is 10.0 Å². The fourth-order valence-electron chi connectivity index (χ4n) is 1.69. The first-order chi connectivity index (χ1) is 8.99. The molecule has 0 heterocycles. The highest BCUT2D eigenvalue weighted by molar-refractivity contribution is 6.34. The summed E-state index contributed by atoms with van der Waals surface area (Å²) in [4.78, 5) is 0. The van der Waals surface area contributed by atoms with Gasteiger partial charge in [0, 0.05) is 11.1 Å². The van der Waals surface area contributed by atoms with Crippen LogP contribution in [0.25, 0.3) is 0 Å². The lowest BCUT2D eigenvalue weighted by molar-refractivity contribution is 0.190. The van der Waals surface area contributed by atoms with Gasteiger partial charge in [-0.15, -0.1) is 0 Å². The topological polar surface area (TPSA) is 29.5 Å². The van der Waals surface area contributed by atoms with Crippen LogP contribution in [-0.4, -0.2) is 5.11 Å². The number of ether oxygens (including phenoxy) is 1. The monoisotopic (exact) mass is 300 g/mol. The third kappa shape index (κ3) is 3.18.